The van der Waals surface area contributed by atoms with Crippen molar-refractivity contribution in [3.05, 3.63) is 0 Å². The third-order valence-electron chi connectivity index (χ3n) is 4.81. The van der Waals surface area contributed by atoms with Gasteiger partial charge in [-0.2, -0.15) is 0 Å². The summed E-state index contributed by atoms with van der Waals surface area (Å²) in [4.78, 5) is 14.7. The second-order valence-corrected chi connectivity index (χ2v) is 6.73. The Morgan fingerprint density at radius 1 is 1.10 bits per heavy atom. The molecule has 1 aliphatic carbocycles. The first kappa shape index (κ1) is 14.3. The molecule has 20 heavy (non-hydrogen) atoms. The van der Waals surface area contributed by atoms with Crippen LogP contribution in [-0.2, 0) is 9.53 Å². The zero-order valence-corrected chi connectivity index (χ0v) is 12.5. The zero-order valence-electron chi connectivity index (χ0n) is 12.5. The molecule has 1 saturated carbocycles. The van der Waals surface area contributed by atoms with E-state index in [9.17, 15) is 4.79 Å². The van der Waals surface area contributed by atoms with Crippen LogP contribution in [0.25, 0.3) is 0 Å². The summed E-state index contributed by atoms with van der Waals surface area (Å²) in [5, 5.41) is 3.51. The lowest BCUT2D eigenvalue weighted by Gasteiger charge is -2.29. The molecule has 0 spiro atoms. The molecular formula is C16H28N2O2. The number of nitrogens with zero attached hydrogens (tertiary/aromatic N) is 1. The number of carbonyl (C=O) groups is 1. The van der Waals surface area contributed by atoms with Crippen molar-refractivity contribution in [2.75, 3.05) is 26.2 Å². The van der Waals surface area contributed by atoms with Gasteiger partial charge in [0.15, 0.2) is 0 Å². The van der Waals surface area contributed by atoms with Gasteiger partial charge in [-0.3, -0.25) is 4.79 Å². The van der Waals surface area contributed by atoms with Gasteiger partial charge in [0.2, 0.25) is 5.91 Å². The second-order valence-electron chi connectivity index (χ2n) is 6.73. The van der Waals surface area contributed by atoms with Crippen molar-refractivity contribution in [1.29, 1.82) is 0 Å². The summed E-state index contributed by atoms with van der Waals surface area (Å²) in [5.74, 6) is 1.09. The molecule has 3 fully saturated rings. The quantitative estimate of drug-likeness (QED) is 0.808. The van der Waals surface area contributed by atoms with Crippen molar-refractivity contribution in [3.8, 4) is 0 Å². The SMILES string of the molecule is O=C(CC1CCCCO1)N(CC1CC1)CC1CCCN1. The number of carbonyl (C=O) groups excluding carboxylic acids is 1. The first-order valence-corrected chi connectivity index (χ1v) is 8.44. The summed E-state index contributed by atoms with van der Waals surface area (Å²) in [6, 6.07) is 0.518. The molecule has 0 radical (unpaired) electrons. The Morgan fingerprint density at radius 3 is 2.65 bits per heavy atom. The number of amides is 1. The van der Waals surface area contributed by atoms with E-state index in [0.717, 1.165) is 45.0 Å². The largest absolute Gasteiger partial charge is 0.378 e. The first-order valence-electron chi connectivity index (χ1n) is 8.44. The lowest BCUT2D eigenvalue weighted by molar-refractivity contribution is -0.135. The topological polar surface area (TPSA) is 41.6 Å². The van der Waals surface area contributed by atoms with Crippen LogP contribution in [0, 0.1) is 5.92 Å². The molecule has 1 amide bonds. The van der Waals surface area contributed by atoms with Gasteiger partial charge in [-0.05, 0) is 57.4 Å². The number of ether oxygens (including phenoxy) is 1. The Kier molecular flexibility index (Phi) is 4.94. The molecule has 4 heteroatoms. The molecule has 4 nitrogen and oxygen atoms in total. The van der Waals surface area contributed by atoms with Crippen molar-refractivity contribution < 1.29 is 9.53 Å². The maximum absolute atomic E-state index is 12.6. The van der Waals surface area contributed by atoms with Gasteiger partial charge < -0.3 is 15.0 Å². The summed E-state index contributed by atoms with van der Waals surface area (Å²) in [6.07, 6.45) is 9.28. The minimum absolute atomic E-state index is 0.175. The van der Waals surface area contributed by atoms with Crippen LogP contribution < -0.4 is 5.32 Å². The molecule has 2 unspecified atom stereocenters. The standard InChI is InChI=1S/C16H28N2O2/c19-16(10-15-5-1-2-9-20-15)18(11-13-6-7-13)12-14-4-3-8-17-14/h13-15,17H,1-12H2. The van der Waals surface area contributed by atoms with Gasteiger partial charge in [0.1, 0.15) is 0 Å². The van der Waals surface area contributed by atoms with E-state index in [1.165, 1.54) is 32.1 Å². The molecule has 2 heterocycles. The highest BCUT2D eigenvalue weighted by molar-refractivity contribution is 5.76. The van der Waals surface area contributed by atoms with Gasteiger partial charge in [-0.25, -0.2) is 0 Å². The smallest absolute Gasteiger partial charge is 0.225 e. The molecular weight excluding hydrogens is 252 g/mol. The van der Waals surface area contributed by atoms with Gasteiger partial charge >= 0.3 is 0 Å². The zero-order chi connectivity index (χ0) is 13.8. The van der Waals surface area contributed by atoms with Crippen molar-refractivity contribution in [2.45, 2.75) is 63.5 Å². The fourth-order valence-corrected chi connectivity index (χ4v) is 3.36. The average molecular weight is 280 g/mol. The number of nitrogens with one attached hydrogen (secondary N) is 1. The predicted molar refractivity (Wildman–Crippen MR) is 78.5 cm³/mol. The van der Waals surface area contributed by atoms with Gasteiger partial charge in [0.25, 0.3) is 0 Å². The summed E-state index contributed by atoms with van der Waals surface area (Å²) < 4.78 is 5.73. The van der Waals surface area contributed by atoms with E-state index in [1.54, 1.807) is 0 Å². The summed E-state index contributed by atoms with van der Waals surface area (Å²) in [5.41, 5.74) is 0. The first-order chi connectivity index (χ1) is 9.81. The van der Waals surface area contributed by atoms with E-state index >= 15 is 0 Å². The maximum Gasteiger partial charge on any atom is 0.225 e. The molecule has 1 N–H and O–H groups in total. The Hall–Kier alpha value is -0.610. The summed E-state index contributed by atoms with van der Waals surface area (Å²) in [6.45, 7) is 3.83. The van der Waals surface area contributed by atoms with Gasteiger partial charge in [-0.15, -0.1) is 0 Å². The highest BCUT2D eigenvalue weighted by Gasteiger charge is 2.30. The minimum atomic E-state index is 0.175. The molecule has 2 atom stereocenters. The fraction of sp³-hybridized carbons (Fsp3) is 0.938. The van der Waals surface area contributed by atoms with Crippen molar-refractivity contribution >= 4 is 5.91 Å². The number of rotatable bonds is 6. The van der Waals surface area contributed by atoms with Gasteiger partial charge in [0.05, 0.1) is 12.5 Å². The van der Waals surface area contributed by atoms with Crippen LogP contribution >= 0.6 is 0 Å². The average Bonchev–Trinajstić information content (AvgIpc) is 3.13. The van der Waals surface area contributed by atoms with Crippen LogP contribution in [0.2, 0.25) is 0 Å². The van der Waals surface area contributed by atoms with Crippen molar-refractivity contribution in [1.82, 2.24) is 10.2 Å². The molecule has 3 rings (SSSR count). The summed E-state index contributed by atoms with van der Waals surface area (Å²) >= 11 is 0. The fourth-order valence-electron chi connectivity index (χ4n) is 3.36. The van der Waals surface area contributed by atoms with E-state index in [0.29, 0.717) is 18.4 Å². The maximum atomic E-state index is 12.6. The van der Waals surface area contributed by atoms with E-state index in [4.69, 9.17) is 4.74 Å². The van der Waals surface area contributed by atoms with E-state index in [2.05, 4.69) is 10.2 Å². The Balaban J connectivity index is 1.50. The van der Waals surface area contributed by atoms with E-state index in [-0.39, 0.29) is 6.10 Å². The van der Waals surface area contributed by atoms with Crippen LogP contribution in [0.4, 0.5) is 0 Å². The highest BCUT2D eigenvalue weighted by atomic mass is 16.5. The second kappa shape index (κ2) is 6.90. The molecule has 2 saturated heterocycles. The molecule has 114 valence electrons. The monoisotopic (exact) mass is 280 g/mol. The van der Waals surface area contributed by atoms with Crippen molar-refractivity contribution in [2.24, 2.45) is 5.92 Å². The Labute approximate surface area is 122 Å². The van der Waals surface area contributed by atoms with Crippen LogP contribution in [-0.4, -0.2) is 49.2 Å². The third kappa shape index (κ3) is 4.19. The van der Waals surface area contributed by atoms with Crippen LogP contribution in [0.1, 0.15) is 51.4 Å². The normalized spacial score (nSPS) is 30.4. The molecule has 3 aliphatic rings. The molecule has 2 aliphatic heterocycles. The Morgan fingerprint density at radius 2 is 2.00 bits per heavy atom. The van der Waals surface area contributed by atoms with Gasteiger partial charge in [0, 0.05) is 25.7 Å². The Bertz CT molecular complexity index is 318. The predicted octanol–water partition coefficient (Wildman–Crippen LogP) is 1.94. The van der Waals surface area contributed by atoms with Crippen LogP contribution in [0.3, 0.4) is 0 Å². The van der Waals surface area contributed by atoms with Gasteiger partial charge in [-0.1, -0.05) is 0 Å². The lowest BCUT2D eigenvalue weighted by Crippen LogP contribution is -2.43. The van der Waals surface area contributed by atoms with Crippen molar-refractivity contribution in [3.63, 3.8) is 0 Å². The highest BCUT2D eigenvalue weighted by Crippen LogP contribution is 2.30. The van der Waals surface area contributed by atoms with E-state index in [1.807, 2.05) is 0 Å². The number of hydrogen-bond donors (Lipinski definition) is 1. The van der Waals surface area contributed by atoms with Crippen LogP contribution in [0.15, 0.2) is 0 Å². The molecule has 0 bridgehead atoms. The lowest BCUT2D eigenvalue weighted by atomic mass is 10.1. The molecule has 0 aromatic heterocycles. The van der Waals surface area contributed by atoms with E-state index < -0.39 is 0 Å². The molecule has 0 aromatic carbocycles. The third-order valence-corrected chi connectivity index (χ3v) is 4.81. The summed E-state index contributed by atoms with van der Waals surface area (Å²) in [7, 11) is 0. The minimum Gasteiger partial charge on any atom is -0.378 e. The number of hydrogen-bond acceptors (Lipinski definition) is 3. The molecule has 0 aromatic rings. The van der Waals surface area contributed by atoms with Crippen LogP contribution in [0.5, 0.6) is 0 Å².